The molecule has 1 atom stereocenters. The molecule has 0 spiro atoms. The molecule has 0 radical (unpaired) electrons. The molecule has 1 amide bonds. The predicted molar refractivity (Wildman–Crippen MR) is 82.8 cm³/mol. The third-order valence-corrected chi connectivity index (χ3v) is 3.74. The second-order valence-corrected chi connectivity index (χ2v) is 6.29. The minimum atomic E-state index is -0.422. The summed E-state index contributed by atoms with van der Waals surface area (Å²) in [6, 6.07) is 7.53. The van der Waals surface area contributed by atoms with Crippen molar-refractivity contribution in [3.8, 4) is 0 Å². The third kappa shape index (κ3) is 4.96. The van der Waals surface area contributed by atoms with Crippen LogP contribution in [0.3, 0.4) is 0 Å². The van der Waals surface area contributed by atoms with Gasteiger partial charge in [-0.15, -0.1) is 0 Å². The average Bonchev–Trinajstić information content (AvgIpc) is 2.35. The Kier molecular flexibility index (Phi) is 6.01. The lowest BCUT2D eigenvalue weighted by molar-refractivity contribution is -0.124. The van der Waals surface area contributed by atoms with Crippen molar-refractivity contribution in [3.63, 3.8) is 0 Å². The van der Waals surface area contributed by atoms with Crippen LogP contribution < -0.4 is 11.1 Å². The molecule has 0 bridgehead atoms. The van der Waals surface area contributed by atoms with E-state index >= 15 is 0 Å². The summed E-state index contributed by atoms with van der Waals surface area (Å²) < 4.78 is 1.03. The molecule has 0 aromatic heterocycles. The molecule has 0 fully saturated rings. The van der Waals surface area contributed by atoms with Gasteiger partial charge in [0.2, 0.25) is 5.91 Å². The molecule has 1 rings (SSSR count). The molecule has 1 aromatic rings. The van der Waals surface area contributed by atoms with E-state index in [1.54, 1.807) is 0 Å². The largest absolute Gasteiger partial charge is 0.346 e. The van der Waals surface area contributed by atoms with E-state index in [9.17, 15) is 4.79 Å². The Hall–Kier alpha value is -0.870. The smallest absolute Gasteiger partial charge is 0.237 e. The lowest BCUT2D eigenvalue weighted by Gasteiger charge is -2.28. The van der Waals surface area contributed by atoms with Crippen molar-refractivity contribution in [2.24, 2.45) is 5.73 Å². The molecule has 1 unspecified atom stereocenters. The Labute approximate surface area is 124 Å². The molecule has 0 heterocycles. The van der Waals surface area contributed by atoms with Crippen LogP contribution in [-0.2, 0) is 10.3 Å². The molecule has 106 valence electrons. The maximum Gasteiger partial charge on any atom is 0.237 e. The maximum absolute atomic E-state index is 12.1. The molecule has 3 nitrogen and oxygen atoms in total. The molecular formula is C15H23BrN2O. The van der Waals surface area contributed by atoms with E-state index in [-0.39, 0.29) is 5.91 Å². The van der Waals surface area contributed by atoms with Crippen LogP contribution in [0.15, 0.2) is 28.7 Å². The van der Waals surface area contributed by atoms with Gasteiger partial charge in [-0.05, 0) is 38.0 Å². The highest BCUT2D eigenvalue weighted by atomic mass is 79.9. The Morgan fingerprint density at radius 3 is 2.47 bits per heavy atom. The zero-order valence-electron chi connectivity index (χ0n) is 11.9. The second kappa shape index (κ2) is 7.06. The van der Waals surface area contributed by atoms with Crippen molar-refractivity contribution in [3.05, 3.63) is 34.3 Å². The van der Waals surface area contributed by atoms with Crippen LogP contribution in [-0.4, -0.2) is 11.9 Å². The summed E-state index contributed by atoms with van der Waals surface area (Å²) in [4.78, 5) is 12.1. The van der Waals surface area contributed by atoms with Gasteiger partial charge in [0.15, 0.2) is 0 Å². The number of carbonyl (C=O) groups excluding carboxylic acids is 1. The highest BCUT2D eigenvalue weighted by molar-refractivity contribution is 9.10. The predicted octanol–water partition coefficient (Wildman–Crippen LogP) is 3.32. The Morgan fingerprint density at radius 2 is 1.95 bits per heavy atom. The number of unbranched alkanes of at least 4 members (excludes halogenated alkanes) is 1. The van der Waals surface area contributed by atoms with E-state index in [1.807, 2.05) is 38.1 Å². The van der Waals surface area contributed by atoms with Crippen molar-refractivity contribution in [1.82, 2.24) is 5.32 Å². The second-order valence-electron chi connectivity index (χ2n) is 5.37. The molecule has 0 saturated heterocycles. The summed E-state index contributed by atoms with van der Waals surface area (Å²) in [5, 5.41) is 3.02. The first-order valence-corrected chi connectivity index (χ1v) is 7.49. The van der Waals surface area contributed by atoms with Crippen molar-refractivity contribution in [2.75, 3.05) is 0 Å². The van der Waals surface area contributed by atoms with Gasteiger partial charge in [0.1, 0.15) is 0 Å². The minimum absolute atomic E-state index is 0.0821. The fraction of sp³-hybridized carbons (Fsp3) is 0.533. The van der Waals surface area contributed by atoms with E-state index < -0.39 is 11.6 Å². The first-order chi connectivity index (χ1) is 8.86. The number of nitrogens with one attached hydrogen (secondary N) is 1. The van der Waals surface area contributed by atoms with Crippen LogP contribution in [0.1, 0.15) is 45.6 Å². The molecule has 0 aliphatic carbocycles. The summed E-state index contributed by atoms with van der Waals surface area (Å²) in [5.41, 5.74) is 6.54. The lowest BCUT2D eigenvalue weighted by atomic mass is 9.93. The van der Waals surface area contributed by atoms with E-state index in [1.165, 1.54) is 0 Å². The fourth-order valence-electron chi connectivity index (χ4n) is 1.89. The van der Waals surface area contributed by atoms with E-state index in [4.69, 9.17) is 5.73 Å². The van der Waals surface area contributed by atoms with Crippen LogP contribution >= 0.6 is 15.9 Å². The van der Waals surface area contributed by atoms with Gasteiger partial charge in [-0.1, -0.05) is 47.8 Å². The SMILES string of the molecule is CCCCC(N)C(=O)NC(C)(C)c1ccc(Br)cc1. The van der Waals surface area contributed by atoms with Gasteiger partial charge in [0.25, 0.3) is 0 Å². The van der Waals surface area contributed by atoms with Crippen molar-refractivity contribution in [2.45, 2.75) is 51.6 Å². The quantitative estimate of drug-likeness (QED) is 0.842. The highest BCUT2D eigenvalue weighted by Crippen LogP contribution is 2.22. The van der Waals surface area contributed by atoms with E-state index in [0.717, 1.165) is 29.3 Å². The van der Waals surface area contributed by atoms with Gasteiger partial charge in [0.05, 0.1) is 11.6 Å². The third-order valence-electron chi connectivity index (χ3n) is 3.21. The molecule has 0 aliphatic heterocycles. The van der Waals surface area contributed by atoms with Gasteiger partial charge in [-0.3, -0.25) is 4.79 Å². The average molecular weight is 327 g/mol. The van der Waals surface area contributed by atoms with Gasteiger partial charge in [-0.25, -0.2) is 0 Å². The van der Waals surface area contributed by atoms with Crippen LogP contribution in [0.25, 0.3) is 0 Å². The lowest BCUT2D eigenvalue weighted by Crippen LogP contribution is -2.48. The Morgan fingerprint density at radius 1 is 1.37 bits per heavy atom. The molecule has 0 aliphatic rings. The zero-order valence-corrected chi connectivity index (χ0v) is 13.5. The monoisotopic (exact) mass is 326 g/mol. The molecule has 1 aromatic carbocycles. The van der Waals surface area contributed by atoms with E-state index in [2.05, 4.69) is 28.2 Å². The zero-order chi connectivity index (χ0) is 14.5. The summed E-state index contributed by atoms with van der Waals surface area (Å²) in [6.07, 6.45) is 2.77. The number of hydrogen-bond acceptors (Lipinski definition) is 2. The Balaban J connectivity index is 2.68. The molecule has 4 heteroatoms. The first-order valence-electron chi connectivity index (χ1n) is 6.70. The first kappa shape index (κ1) is 16.2. The summed E-state index contributed by atoms with van der Waals surface area (Å²) in [5.74, 6) is -0.0821. The number of hydrogen-bond donors (Lipinski definition) is 2. The fourth-order valence-corrected chi connectivity index (χ4v) is 2.16. The topological polar surface area (TPSA) is 55.1 Å². The number of halogens is 1. The summed E-state index contributed by atoms with van der Waals surface area (Å²) >= 11 is 3.41. The van der Waals surface area contributed by atoms with Gasteiger partial charge >= 0.3 is 0 Å². The van der Waals surface area contributed by atoms with Gasteiger partial charge in [-0.2, -0.15) is 0 Å². The van der Waals surface area contributed by atoms with Gasteiger partial charge < -0.3 is 11.1 Å². The molecular weight excluding hydrogens is 304 g/mol. The van der Waals surface area contributed by atoms with Crippen molar-refractivity contribution in [1.29, 1.82) is 0 Å². The highest BCUT2D eigenvalue weighted by Gasteiger charge is 2.25. The van der Waals surface area contributed by atoms with E-state index in [0.29, 0.717) is 0 Å². The number of carbonyl (C=O) groups is 1. The number of amides is 1. The van der Waals surface area contributed by atoms with Gasteiger partial charge in [0, 0.05) is 4.47 Å². The standard InChI is InChI=1S/C15H23BrN2O/c1-4-5-6-13(17)14(19)18-15(2,3)11-7-9-12(16)10-8-11/h7-10,13H,4-6,17H2,1-3H3,(H,18,19). The molecule has 19 heavy (non-hydrogen) atoms. The number of nitrogens with two attached hydrogens (primary N) is 1. The number of benzene rings is 1. The van der Waals surface area contributed by atoms with Crippen LogP contribution in [0, 0.1) is 0 Å². The molecule has 3 N–H and O–H groups in total. The summed E-state index contributed by atoms with van der Waals surface area (Å²) in [6.45, 7) is 6.07. The van der Waals surface area contributed by atoms with Crippen LogP contribution in [0.4, 0.5) is 0 Å². The molecule has 0 saturated carbocycles. The van der Waals surface area contributed by atoms with Crippen LogP contribution in [0.2, 0.25) is 0 Å². The van der Waals surface area contributed by atoms with Crippen molar-refractivity contribution >= 4 is 21.8 Å². The number of rotatable bonds is 6. The minimum Gasteiger partial charge on any atom is -0.346 e. The Bertz CT molecular complexity index is 415. The maximum atomic E-state index is 12.1. The normalized spacial score (nSPS) is 13.1. The van der Waals surface area contributed by atoms with Crippen LogP contribution in [0.5, 0.6) is 0 Å². The van der Waals surface area contributed by atoms with Crippen molar-refractivity contribution < 1.29 is 4.79 Å². The summed E-state index contributed by atoms with van der Waals surface area (Å²) in [7, 11) is 0.